The molecule has 21 heavy (non-hydrogen) atoms. The fraction of sp³-hybridized carbons (Fsp3) is 0.231. The standard InChI is InChI=1S/C13H13N3O5/c1-8-15-16-13(21-8)14-11(17)7-20-10-4-2-3-9(5-10)6-12(18)19/h2-5H,6-7H2,1H3,(H,18,19)(H,14,16,17). The van der Waals surface area contributed by atoms with Gasteiger partial charge in [-0.15, -0.1) is 5.10 Å². The van der Waals surface area contributed by atoms with Crippen LogP contribution in [0.15, 0.2) is 28.7 Å². The maximum absolute atomic E-state index is 11.6. The van der Waals surface area contributed by atoms with E-state index in [0.717, 1.165) is 0 Å². The zero-order valence-corrected chi connectivity index (χ0v) is 11.2. The van der Waals surface area contributed by atoms with Crippen molar-refractivity contribution in [1.29, 1.82) is 0 Å². The minimum atomic E-state index is -0.934. The molecule has 0 aliphatic heterocycles. The van der Waals surface area contributed by atoms with Gasteiger partial charge in [-0.2, -0.15) is 0 Å². The number of aryl methyl sites for hydroxylation is 1. The molecule has 8 heteroatoms. The lowest BCUT2D eigenvalue weighted by Crippen LogP contribution is -2.20. The molecule has 0 fully saturated rings. The van der Waals surface area contributed by atoms with Gasteiger partial charge in [0.2, 0.25) is 5.89 Å². The van der Waals surface area contributed by atoms with Gasteiger partial charge in [0.25, 0.3) is 5.91 Å². The number of carboxylic acid groups (broad SMARTS) is 1. The molecule has 1 amide bonds. The summed E-state index contributed by atoms with van der Waals surface area (Å²) in [6.07, 6.45) is -0.106. The number of hydrogen-bond acceptors (Lipinski definition) is 6. The number of carboxylic acids is 1. The molecule has 2 N–H and O–H groups in total. The molecular weight excluding hydrogens is 278 g/mol. The van der Waals surface area contributed by atoms with Crippen LogP contribution in [-0.4, -0.2) is 33.8 Å². The fourth-order valence-corrected chi connectivity index (χ4v) is 1.57. The molecule has 0 atom stereocenters. The van der Waals surface area contributed by atoms with Gasteiger partial charge in [0.15, 0.2) is 6.61 Å². The van der Waals surface area contributed by atoms with E-state index in [1.807, 2.05) is 0 Å². The zero-order valence-electron chi connectivity index (χ0n) is 11.2. The number of amides is 1. The first-order valence-corrected chi connectivity index (χ1v) is 6.06. The van der Waals surface area contributed by atoms with Crippen molar-refractivity contribution in [3.8, 4) is 5.75 Å². The highest BCUT2D eigenvalue weighted by Gasteiger charge is 2.09. The quantitative estimate of drug-likeness (QED) is 0.816. The first-order valence-electron chi connectivity index (χ1n) is 6.06. The van der Waals surface area contributed by atoms with Gasteiger partial charge in [-0.05, 0) is 17.7 Å². The Bertz CT molecular complexity index is 653. The van der Waals surface area contributed by atoms with E-state index in [0.29, 0.717) is 17.2 Å². The first kappa shape index (κ1) is 14.5. The van der Waals surface area contributed by atoms with Crippen LogP contribution in [0.1, 0.15) is 11.5 Å². The molecule has 1 heterocycles. The number of carbonyl (C=O) groups excluding carboxylic acids is 1. The molecule has 8 nitrogen and oxygen atoms in total. The normalized spacial score (nSPS) is 10.1. The Labute approximate surface area is 119 Å². The van der Waals surface area contributed by atoms with Crippen LogP contribution in [0.5, 0.6) is 5.75 Å². The first-order chi connectivity index (χ1) is 10.0. The lowest BCUT2D eigenvalue weighted by atomic mass is 10.1. The molecule has 110 valence electrons. The van der Waals surface area contributed by atoms with Gasteiger partial charge < -0.3 is 14.3 Å². The maximum Gasteiger partial charge on any atom is 0.322 e. The molecule has 0 aliphatic carbocycles. The van der Waals surface area contributed by atoms with Gasteiger partial charge in [-0.1, -0.05) is 17.2 Å². The summed E-state index contributed by atoms with van der Waals surface area (Å²) in [4.78, 5) is 22.2. The van der Waals surface area contributed by atoms with E-state index in [9.17, 15) is 9.59 Å². The van der Waals surface area contributed by atoms with Gasteiger partial charge >= 0.3 is 12.0 Å². The summed E-state index contributed by atoms with van der Waals surface area (Å²) >= 11 is 0. The van der Waals surface area contributed by atoms with Crippen LogP contribution in [0.3, 0.4) is 0 Å². The molecule has 0 unspecified atom stereocenters. The van der Waals surface area contributed by atoms with Crippen molar-refractivity contribution in [3.63, 3.8) is 0 Å². The van der Waals surface area contributed by atoms with E-state index >= 15 is 0 Å². The summed E-state index contributed by atoms with van der Waals surface area (Å²) in [7, 11) is 0. The molecule has 1 aromatic carbocycles. The molecule has 0 radical (unpaired) electrons. The van der Waals surface area contributed by atoms with Crippen molar-refractivity contribution >= 4 is 17.9 Å². The molecule has 0 saturated heterocycles. The monoisotopic (exact) mass is 291 g/mol. The van der Waals surface area contributed by atoms with Gasteiger partial charge in [0.05, 0.1) is 6.42 Å². The third kappa shape index (κ3) is 4.60. The number of hydrogen-bond donors (Lipinski definition) is 2. The van der Waals surface area contributed by atoms with Crippen molar-refractivity contribution in [2.45, 2.75) is 13.3 Å². The lowest BCUT2D eigenvalue weighted by Gasteiger charge is -2.06. The summed E-state index contributed by atoms with van der Waals surface area (Å²) in [5.41, 5.74) is 0.591. The maximum atomic E-state index is 11.6. The van der Waals surface area contributed by atoms with Crippen LogP contribution < -0.4 is 10.1 Å². The average molecular weight is 291 g/mol. The molecule has 0 spiro atoms. The summed E-state index contributed by atoms with van der Waals surface area (Å²) in [5.74, 6) is -0.642. The summed E-state index contributed by atoms with van der Waals surface area (Å²) < 4.78 is 10.3. The Balaban J connectivity index is 1.87. The molecule has 0 aliphatic rings. The van der Waals surface area contributed by atoms with E-state index in [-0.39, 0.29) is 19.0 Å². The van der Waals surface area contributed by atoms with Crippen LogP contribution in [-0.2, 0) is 16.0 Å². The van der Waals surface area contributed by atoms with Crippen LogP contribution in [0.25, 0.3) is 0 Å². The zero-order chi connectivity index (χ0) is 15.2. The molecule has 0 bridgehead atoms. The number of benzene rings is 1. The molecular formula is C13H13N3O5. The van der Waals surface area contributed by atoms with Crippen molar-refractivity contribution in [1.82, 2.24) is 10.2 Å². The predicted octanol–water partition coefficient (Wildman–Crippen LogP) is 1.02. The Kier molecular flexibility index (Phi) is 4.50. The second-order valence-electron chi connectivity index (χ2n) is 4.18. The van der Waals surface area contributed by atoms with Gasteiger partial charge in [0, 0.05) is 6.92 Å². The van der Waals surface area contributed by atoms with Crippen LogP contribution >= 0.6 is 0 Å². The van der Waals surface area contributed by atoms with E-state index in [1.165, 1.54) is 0 Å². The Morgan fingerprint density at radius 3 is 2.86 bits per heavy atom. The third-order valence-electron chi connectivity index (χ3n) is 2.40. The minimum Gasteiger partial charge on any atom is -0.484 e. The van der Waals surface area contributed by atoms with Crippen molar-refractivity contribution in [2.75, 3.05) is 11.9 Å². The average Bonchev–Trinajstić information content (AvgIpc) is 2.81. The Morgan fingerprint density at radius 2 is 2.19 bits per heavy atom. The number of anilines is 1. The van der Waals surface area contributed by atoms with Gasteiger partial charge in [-0.25, -0.2) is 0 Å². The Hall–Kier alpha value is -2.90. The molecule has 1 aromatic heterocycles. The highest BCUT2D eigenvalue weighted by Crippen LogP contribution is 2.14. The topological polar surface area (TPSA) is 115 Å². The van der Waals surface area contributed by atoms with Crippen LogP contribution in [0, 0.1) is 6.92 Å². The number of rotatable bonds is 6. The van der Waals surface area contributed by atoms with Gasteiger partial charge in [-0.3, -0.25) is 14.9 Å². The number of carbonyl (C=O) groups is 2. The summed E-state index contributed by atoms with van der Waals surface area (Å²) in [5, 5.41) is 18.3. The summed E-state index contributed by atoms with van der Waals surface area (Å²) in [6, 6.07) is 6.53. The largest absolute Gasteiger partial charge is 0.484 e. The number of nitrogens with zero attached hydrogens (tertiary/aromatic N) is 2. The van der Waals surface area contributed by atoms with Crippen molar-refractivity contribution in [3.05, 3.63) is 35.7 Å². The van der Waals surface area contributed by atoms with E-state index in [2.05, 4.69) is 15.5 Å². The number of ether oxygens (including phenoxy) is 1. The molecule has 2 aromatic rings. The fourth-order valence-electron chi connectivity index (χ4n) is 1.57. The second-order valence-corrected chi connectivity index (χ2v) is 4.18. The second kappa shape index (κ2) is 6.51. The lowest BCUT2D eigenvalue weighted by molar-refractivity contribution is -0.136. The SMILES string of the molecule is Cc1nnc(NC(=O)COc2cccc(CC(=O)O)c2)o1. The Morgan fingerprint density at radius 1 is 1.38 bits per heavy atom. The number of nitrogens with one attached hydrogen (secondary N) is 1. The smallest absolute Gasteiger partial charge is 0.322 e. The van der Waals surface area contributed by atoms with Crippen LogP contribution in [0.4, 0.5) is 6.01 Å². The number of aromatic nitrogens is 2. The van der Waals surface area contributed by atoms with E-state index in [1.54, 1.807) is 31.2 Å². The van der Waals surface area contributed by atoms with E-state index in [4.69, 9.17) is 14.3 Å². The highest BCUT2D eigenvalue weighted by atomic mass is 16.5. The van der Waals surface area contributed by atoms with E-state index < -0.39 is 11.9 Å². The van der Waals surface area contributed by atoms with Gasteiger partial charge in [0.1, 0.15) is 5.75 Å². The predicted molar refractivity (Wildman–Crippen MR) is 70.9 cm³/mol. The minimum absolute atomic E-state index is 0.000674. The third-order valence-corrected chi connectivity index (χ3v) is 2.40. The summed E-state index contributed by atoms with van der Waals surface area (Å²) in [6.45, 7) is 1.35. The highest BCUT2D eigenvalue weighted by molar-refractivity contribution is 5.89. The molecule has 0 saturated carbocycles. The molecule has 2 rings (SSSR count). The van der Waals surface area contributed by atoms with Crippen molar-refractivity contribution < 1.29 is 23.8 Å². The van der Waals surface area contributed by atoms with Crippen molar-refractivity contribution in [2.24, 2.45) is 0 Å². The number of aliphatic carboxylic acids is 1. The van der Waals surface area contributed by atoms with Crippen LogP contribution in [0.2, 0.25) is 0 Å².